The number of piperidine rings is 1. The van der Waals surface area contributed by atoms with Gasteiger partial charge in [0, 0.05) is 32.7 Å². The van der Waals surface area contributed by atoms with Crippen molar-refractivity contribution >= 4 is 18.3 Å². The van der Waals surface area contributed by atoms with E-state index in [1.54, 1.807) is 0 Å². The normalized spacial score (nSPS) is 19.8. The van der Waals surface area contributed by atoms with Gasteiger partial charge in [-0.05, 0) is 31.5 Å². The second kappa shape index (κ2) is 9.99. The van der Waals surface area contributed by atoms with Gasteiger partial charge in [0.2, 0.25) is 5.91 Å². The van der Waals surface area contributed by atoms with Crippen molar-refractivity contribution in [3.63, 3.8) is 0 Å². The van der Waals surface area contributed by atoms with Crippen molar-refractivity contribution in [3.8, 4) is 0 Å². The Labute approximate surface area is 150 Å². The molecule has 2 aliphatic rings. The first-order chi connectivity index (χ1) is 11.3. The standard InChI is InChI=1S/C18H27N3O2.ClH/c22-18(15-23-17-6-8-19-9-7-17)21-12-10-20(11-13-21)14-16-4-2-1-3-5-16;/h1-5,17,19H,6-15H2;1H. The van der Waals surface area contributed by atoms with Gasteiger partial charge in [-0.1, -0.05) is 30.3 Å². The Kier molecular flexibility index (Phi) is 7.99. The molecule has 24 heavy (non-hydrogen) atoms. The summed E-state index contributed by atoms with van der Waals surface area (Å²) in [5.74, 6) is 0.142. The van der Waals surface area contributed by atoms with Crippen LogP contribution < -0.4 is 5.32 Å². The van der Waals surface area contributed by atoms with Gasteiger partial charge in [0.05, 0.1) is 6.10 Å². The second-order valence-corrected chi connectivity index (χ2v) is 6.40. The molecule has 1 N–H and O–H groups in total. The zero-order chi connectivity index (χ0) is 15.9. The number of amides is 1. The predicted molar refractivity (Wildman–Crippen MR) is 97.4 cm³/mol. The van der Waals surface area contributed by atoms with Gasteiger partial charge < -0.3 is 15.0 Å². The summed E-state index contributed by atoms with van der Waals surface area (Å²) in [4.78, 5) is 16.6. The first-order valence-electron chi connectivity index (χ1n) is 8.67. The lowest BCUT2D eigenvalue weighted by molar-refractivity contribution is -0.140. The molecule has 5 nitrogen and oxygen atoms in total. The summed E-state index contributed by atoms with van der Waals surface area (Å²) in [6, 6.07) is 10.5. The molecular weight excluding hydrogens is 326 g/mol. The van der Waals surface area contributed by atoms with Gasteiger partial charge in [-0.25, -0.2) is 0 Å². The Balaban J connectivity index is 0.00000208. The molecule has 0 spiro atoms. The van der Waals surface area contributed by atoms with Crippen LogP contribution in [0.3, 0.4) is 0 Å². The van der Waals surface area contributed by atoms with E-state index >= 15 is 0 Å². The summed E-state index contributed by atoms with van der Waals surface area (Å²) in [5.41, 5.74) is 1.33. The number of rotatable bonds is 5. The third kappa shape index (κ3) is 5.74. The molecule has 2 fully saturated rings. The average molecular weight is 354 g/mol. The summed E-state index contributed by atoms with van der Waals surface area (Å²) in [6.45, 7) is 6.69. The van der Waals surface area contributed by atoms with Crippen molar-refractivity contribution in [3.05, 3.63) is 35.9 Å². The smallest absolute Gasteiger partial charge is 0.248 e. The molecule has 0 aromatic heterocycles. The van der Waals surface area contributed by atoms with E-state index in [4.69, 9.17) is 4.74 Å². The number of hydrogen-bond donors (Lipinski definition) is 1. The second-order valence-electron chi connectivity index (χ2n) is 6.40. The molecule has 2 aliphatic heterocycles. The number of nitrogens with one attached hydrogen (secondary N) is 1. The first-order valence-corrected chi connectivity index (χ1v) is 8.67. The third-order valence-corrected chi connectivity index (χ3v) is 4.70. The highest BCUT2D eigenvalue weighted by atomic mass is 35.5. The maximum atomic E-state index is 12.3. The Hall–Kier alpha value is -1.14. The molecule has 2 heterocycles. The number of carbonyl (C=O) groups is 1. The Morgan fingerprint density at radius 2 is 1.75 bits per heavy atom. The molecule has 0 radical (unpaired) electrons. The van der Waals surface area contributed by atoms with E-state index in [1.165, 1.54) is 5.56 Å². The molecule has 0 bridgehead atoms. The van der Waals surface area contributed by atoms with Gasteiger partial charge in [0.25, 0.3) is 0 Å². The Bertz CT molecular complexity index is 486. The van der Waals surface area contributed by atoms with E-state index < -0.39 is 0 Å². The van der Waals surface area contributed by atoms with E-state index in [-0.39, 0.29) is 31.0 Å². The number of halogens is 1. The van der Waals surface area contributed by atoms with E-state index in [1.807, 2.05) is 11.0 Å². The number of piperazine rings is 1. The molecule has 1 aromatic rings. The van der Waals surface area contributed by atoms with Crippen LogP contribution in [0.5, 0.6) is 0 Å². The highest BCUT2D eigenvalue weighted by Gasteiger charge is 2.22. The van der Waals surface area contributed by atoms with E-state index in [0.717, 1.165) is 58.7 Å². The molecule has 2 saturated heterocycles. The highest BCUT2D eigenvalue weighted by Crippen LogP contribution is 2.10. The molecule has 0 unspecified atom stereocenters. The monoisotopic (exact) mass is 353 g/mol. The van der Waals surface area contributed by atoms with Crippen molar-refractivity contribution in [2.45, 2.75) is 25.5 Å². The number of hydrogen-bond acceptors (Lipinski definition) is 4. The van der Waals surface area contributed by atoms with Crippen LogP contribution >= 0.6 is 12.4 Å². The quantitative estimate of drug-likeness (QED) is 0.871. The molecule has 6 heteroatoms. The van der Waals surface area contributed by atoms with Gasteiger partial charge >= 0.3 is 0 Å². The van der Waals surface area contributed by atoms with E-state index in [9.17, 15) is 4.79 Å². The van der Waals surface area contributed by atoms with Gasteiger partial charge in [-0.2, -0.15) is 0 Å². The minimum absolute atomic E-state index is 0. The zero-order valence-corrected chi connectivity index (χ0v) is 15.0. The van der Waals surface area contributed by atoms with Gasteiger partial charge in [-0.3, -0.25) is 9.69 Å². The summed E-state index contributed by atoms with van der Waals surface area (Å²) in [6.07, 6.45) is 2.27. The van der Waals surface area contributed by atoms with Crippen LogP contribution in [0.25, 0.3) is 0 Å². The maximum absolute atomic E-state index is 12.3. The van der Waals surface area contributed by atoms with Gasteiger partial charge in [0.1, 0.15) is 6.61 Å². The van der Waals surface area contributed by atoms with Crippen LogP contribution in [0, 0.1) is 0 Å². The molecule has 1 aromatic carbocycles. The van der Waals surface area contributed by atoms with Gasteiger partial charge in [0.15, 0.2) is 0 Å². The fourth-order valence-electron chi connectivity index (χ4n) is 3.24. The van der Waals surface area contributed by atoms with Crippen LogP contribution in [-0.2, 0) is 16.1 Å². The number of carbonyl (C=O) groups excluding carboxylic acids is 1. The minimum atomic E-state index is 0. The third-order valence-electron chi connectivity index (χ3n) is 4.70. The average Bonchev–Trinajstić information content (AvgIpc) is 2.62. The van der Waals surface area contributed by atoms with Crippen molar-refractivity contribution in [1.29, 1.82) is 0 Å². The molecule has 0 atom stereocenters. The Morgan fingerprint density at radius 3 is 2.42 bits per heavy atom. The van der Waals surface area contributed by atoms with Crippen molar-refractivity contribution < 1.29 is 9.53 Å². The maximum Gasteiger partial charge on any atom is 0.248 e. The summed E-state index contributed by atoms with van der Waals surface area (Å²) < 4.78 is 5.78. The Morgan fingerprint density at radius 1 is 1.08 bits per heavy atom. The lowest BCUT2D eigenvalue weighted by Crippen LogP contribution is -2.49. The van der Waals surface area contributed by atoms with Crippen molar-refractivity contribution in [1.82, 2.24) is 15.1 Å². The van der Waals surface area contributed by atoms with Gasteiger partial charge in [-0.15, -0.1) is 12.4 Å². The zero-order valence-electron chi connectivity index (χ0n) is 14.2. The lowest BCUT2D eigenvalue weighted by atomic mass is 10.1. The molecule has 0 saturated carbocycles. The molecular formula is C18H28ClN3O2. The predicted octanol–water partition coefficient (Wildman–Crippen LogP) is 1.52. The topological polar surface area (TPSA) is 44.8 Å². The fraction of sp³-hybridized carbons (Fsp3) is 0.611. The van der Waals surface area contributed by atoms with E-state index in [2.05, 4.69) is 34.5 Å². The highest BCUT2D eigenvalue weighted by molar-refractivity contribution is 5.85. The minimum Gasteiger partial charge on any atom is -0.368 e. The molecule has 0 aliphatic carbocycles. The number of benzene rings is 1. The van der Waals surface area contributed by atoms with E-state index in [0.29, 0.717) is 0 Å². The lowest BCUT2D eigenvalue weighted by Gasteiger charge is -2.35. The molecule has 3 rings (SSSR count). The van der Waals surface area contributed by atoms with Crippen molar-refractivity contribution in [2.24, 2.45) is 0 Å². The van der Waals surface area contributed by atoms with Crippen LogP contribution in [0.15, 0.2) is 30.3 Å². The summed E-state index contributed by atoms with van der Waals surface area (Å²) in [5, 5.41) is 3.31. The van der Waals surface area contributed by atoms with Crippen molar-refractivity contribution in [2.75, 3.05) is 45.9 Å². The fourth-order valence-corrected chi connectivity index (χ4v) is 3.24. The summed E-state index contributed by atoms with van der Waals surface area (Å²) in [7, 11) is 0. The molecule has 1 amide bonds. The largest absolute Gasteiger partial charge is 0.368 e. The summed E-state index contributed by atoms with van der Waals surface area (Å²) >= 11 is 0. The van der Waals surface area contributed by atoms with Crippen LogP contribution in [-0.4, -0.2) is 67.7 Å². The van der Waals surface area contributed by atoms with Crippen LogP contribution in [0.4, 0.5) is 0 Å². The van der Waals surface area contributed by atoms with Crippen LogP contribution in [0.2, 0.25) is 0 Å². The first kappa shape index (κ1) is 19.2. The molecule has 134 valence electrons. The SMILES string of the molecule is Cl.O=C(COC1CCNCC1)N1CCN(Cc2ccccc2)CC1. The van der Waals surface area contributed by atoms with Crippen LogP contribution in [0.1, 0.15) is 18.4 Å². The number of nitrogens with zero attached hydrogens (tertiary/aromatic N) is 2. The number of ether oxygens (including phenoxy) is 1.